The predicted octanol–water partition coefficient (Wildman–Crippen LogP) is 5.35. The van der Waals surface area contributed by atoms with E-state index in [4.69, 9.17) is 0 Å². The zero-order valence-corrected chi connectivity index (χ0v) is 27.7. The van der Waals surface area contributed by atoms with Gasteiger partial charge in [-0.3, -0.25) is 9.59 Å². The van der Waals surface area contributed by atoms with Crippen LogP contribution in [-0.4, -0.2) is 54.9 Å². The van der Waals surface area contributed by atoms with Crippen molar-refractivity contribution in [3.05, 3.63) is 94.4 Å². The van der Waals surface area contributed by atoms with E-state index in [-0.39, 0.29) is 45.2 Å². The van der Waals surface area contributed by atoms with E-state index in [9.17, 15) is 23.1 Å². The molecule has 3 aromatic carbocycles. The highest BCUT2D eigenvalue weighted by molar-refractivity contribution is 7.91. The fourth-order valence-electron chi connectivity index (χ4n) is 5.64. The number of carbonyl (C=O) groups is 1. The Morgan fingerprint density at radius 3 is 2.24 bits per heavy atom. The summed E-state index contributed by atoms with van der Waals surface area (Å²) >= 11 is 0. The van der Waals surface area contributed by atoms with Crippen LogP contribution in [-0.2, 0) is 22.3 Å². The monoisotopic (exact) mass is 643 g/mol. The van der Waals surface area contributed by atoms with Crippen molar-refractivity contribution in [3.8, 4) is 11.3 Å². The molecule has 1 fully saturated rings. The lowest BCUT2D eigenvalue weighted by molar-refractivity contribution is 0.102. The quantitative estimate of drug-likeness (QED) is 0.234. The molecule has 0 radical (unpaired) electrons. The lowest BCUT2D eigenvalue weighted by Gasteiger charge is -2.32. The molecule has 0 bridgehead atoms. The maximum absolute atomic E-state index is 13.2. The van der Waals surface area contributed by atoms with E-state index >= 15 is 0 Å². The Hall–Kier alpha value is -4.48. The molecule has 5 rings (SSSR count). The number of rotatable bonds is 8. The topological polar surface area (TPSA) is 134 Å². The summed E-state index contributed by atoms with van der Waals surface area (Å²) < 4.78 is 27.7. The van der Waals surface area contributed by atoms with Crippen LogP contribution in [0.15, 0.2) is 82.6 Å². The van der Waals surface area contributed by atoms with Gasteiger partial charge in [0, 0.05) is 61.7 Å². The summed E-state index contributed by atoms with van der Waals surface area (Å²) in [5.41, 5.74) is 3.33. The smallest absolute Gasteiger partial charge is 0.293 e. The SMILES string of the molecule is Cn1cc(-c2cccc(NC(=O)c3ccc(C(C)(C)C)cc3)c2S(C)(=O)=O)nc(Nc2ccc(N3CCC(CO)CC3)cc2)c1=O. The van der Waals surface area contributed by atoms with Gasteiger partial charge in [-0.25, -0.2) is 13.4 Å². The van der Waals surface area contributed by atoms with Crippen molar-refractivity contribution in [3.63, 3.8) is 0 Å². The molecule has 11 heteroatoms. The van der Waals surface area contributed by atoms with Crippen molar-refractivity contribution in [2.75, 3.05) is 41.5 Å². The summed E-state index contributed by atoms with van der Waals surface area (Å²) in [5, 5.41) is 15.3. The number of hydrogen-bond donors (Lipinski definition) is 3. The highest BCUT2D eigenvalue weighted by Gasteiger charge is 2.24. The summed E-state index contributed by atoms with van der Waals surface area (Å²) in [4.78, 5) is 33.1. The number of hydrogen-bond acceptors (Lipinski definition) is 8. The van der Waals surface area contributed by atoms with E-state index < -0.39 is 15.7 Å². The molecule has 10 nitrogen and oxygen atoms in total. The molecule has 1 saturated heterocycles. The third-order valence-corrected chi connectivity index (χ3v) is 9.54. The Kier molecular flexibility index (Phi) is 9.37. The van der Waals surface area contributed by atoms with Gasteiger partial charge in [-0.15, -0.1) is 0 Å². The number of amides is 1. The van der Waals surface area contributed by atoms with E-state index in [0.29, 0.717) is 17.2 Å². The molecule has 46 heavy (non-hydrogen) atoms. The van der Waals surface area contributed by atoms with Crippen LogP contribution in [0.5, 0.6) is 0 Å². The van der Waals surface area contributed by atoms with Gasteiger partial charge in [0.1, 0.15) is 0 Å². The normalized spacial score (nSPS) is 14.3. The highest BCUT2D eigenvalue weighted by Crippen LogP contribution is 2.33. The molecule has 1 aliphatic heterocycles. The summed E-state index contributed by atoms with van der Waals surface area (Å²) in [6.07, 6.45) is 4.43. The first kappa shape index (κ1) is 32.9. The number of anilines is 4. The third kappa shape index (κ3) is 7.32. The van der Waals surface area contributed by atoms with Crippen molar-refractivity contribution >= 4 is 38.6 Å². The second-order valence-electron chi connectivity index (χ2n) is 12.9. The van der Waals surface area contributed by atoms with E-state index in [0.717, 1.165) is 43.4 Å². The number of piperidine rings is 1. The third-order valence-electron chi connectivity index (χ3n) is 8.36. The van der Waals surface area contributed by atoms with Gasteiger partial charge in [-0.2, -0.15) is 0 Å². The van der Waals surface area contributed by atoms with Crippen LogP contribution in [0.1, 0.15) is 49.5 Å². The first-order valence-electron chi connectivity index (χ1n) is 15.3. The van der Waals surface area contributed by atoms with Crippen molar-refractivity contribution in [1.29, 1.82) is 0 Å². The van der Waals surface area contributed by atoms with Gasteiger partial charge in [0.25, 0.3) is 11.5 Å². The van der Waals surface area contributed by atoms with Gasteiger partial charge in [-0.05, 0) is 72.2 Å². The number of aliphatic hydroxyl groups excluding tert-OH is 1. The molecule has 0 aliphatic carbocycles. The average molecular weight is 644 g/mol. The maximum atomic E-state index is 13.2. The maximum Gasteiger partial charge on any atom is 0.293 e. The lowest BCUT2D eigenvalue weighted by atomic mass is 9.87. The number of aliphatic hydroxyl groups is 1. The zero-order valence-electron chi connectivity index (χ0n) is 26.9. The van der Waals surface area contributed by atoms with Crippen molar-refractivity contribution in [2.24, 2.45) is 13.0 Å². The van der Waals surface area contributed by atoms with Gasteiger partial charge in [-0.1, -0.05) is 45.0 Å². The van der Waals surface area contributed by atoms with Crippen LogP contribution in [0.3, 0.4) is 0 Å². The van der Waals surface area contributed by atoms with Gasteiger partial charge in [0.05, 0.1) is 16.3 Å². The molecule has 0 saturated carbocycles. The molecule has 0 atom stereocenters. The van der Waals surface area contributed by atoms with Crippen molar-refractivity contribution in [1.82, 2.24) is 9.55 Å². The van der Waals surface area contributed by atoms with E-state index in [1.807, 2.05) is 36.4 Å². The molecule has 3 N–H and O–H groups in total. The van der Waals surface area contributed by atoms with E-state index in [2.05, 4.69) is 41.3 Å². The van der Waals surface area contributed by atoms with Crippen molar-refractivity contribution < 1.29 is 18.3 Å². The number of benzene rings is 3. The van der Waals surface area contributed by atoms with Crippen LogP contribution in [0.4, 0.5) is 22.9 Å². The van der Waals surface area contributed by atoms with Crippen LogP contribution < -0.4 is 21.1 Å². The van der Waals surface area contributed by atoms with Gasteiger partial charge in [0.15, 0.2) is 15.7 Å². The number of aryl methyl sites for hydroxylation is 1. The molecule has 242 valence electrons. The Bertz CT molecular complexity index is 1890. The van der Waals surface area contributed by atoms with Crippen LogP contribution in [0, 0.1) is 5.92 Å². The minimum absolute atomic E-state index is 0.0318. The Labute approximate surface area is 270 Å². The molecular weight excluding hydrogens is 602 g/mol. The first-order chi connectivity index (χ1) is 21.7. The van der Waals surface area contributed by atoms with E-state index in [1.54, 1.807) is 31.3 Å². The predicted molar refractivity (Wildman–Crippen MR) is 183 cm³/mol. The van der Waals surface area contributed by atoms with Gasteiger partial charge < -0.3 is 25.2 Å². The fourth-order valence-corrected chi connectivity index (χ4v) is 6.73. The average Bonchev–Trinajstić information content (AvgIpc) is 3.02. The molecule has 1 amide bonds. The summed E-state index contributed by atoms with van der Waals surface area (Å²) in [5.74, 6) is -0.0680. The first-order valence-corrected chi connectivity index (χ1v) is 17.2. The molecule has 2 heterocycles. The number of sulfone groups is 1. The van der Waals surface area contributed by atoms with Crippen LogP contribution >= 0.6 is 0 Å². The Morgan fingerprint density at radius 1 is 1.00 bits per heavy atom. The highest BCUT2D eigenvalue weighted by atomic mass is 32.2. The number of nitrogens with zero attached hydrogens (tertiary/aromatic N) is 3. The largest absolute Gasteiger partial charge is 0.396 e. The van der Waals surface area contributed by atoms with Crippen molar-refractivity contribution in [2.45, 2.75) is 43.9 Å². The minimum atomic E-state index is -3.86. The second-order valence-corrected chi connectivity index (χ2v) is 14.9. The molecule has 1 aliphatic rings. The van der Waals surface area contributed by atoms with E-state index in [1.165, 1.54) is 16.8 Å². The Balaban J connectivity index is 1.43. The molecule has 0 unspecified atom stereocenters. The standard InChI is InChI=1S/C35H41N5O5S/c1-35(2,3)25-11-9-24(10-12-25)33(42)38-29-8-6-7-28(31(29)46(5,44)45)30-21-39(4)34(43)32(37-30)36-26-13-15-27(16-14-26)40-19-17-23(22-41)18-20-40/h6-16,21,23,41H,17-20,22H2,1-5H3,(H,36,37)(H,38,42). The zero-order chi connectivity index (χ0) is 33.2. The summed E-state index contributed by atoms with van der Waals surface area (Å²) in [7, 11) is -2.29. The molecular formula is C35H41N5O5S. The Morgan fingerprint density at radius 2 is 1.65 bits per heavy atom. The minimum Gasteiger partial charge on any atom is -0.396 e. The fraction of sp³-hybridized carbons (Fsp3) is 0.343. The molecule has 4 aromatic rings. The van der Waals surface area contributed by atoms with Gasteiger partial charge in [0.2, 0.25) is 0 Å². The number of aromatic nitrogens is 2. The lowest BCUT2D eigenvalue weighted by Crippen LogP contribution is -2.34. The molecule has 0 spiro atoms. The summed E-state index contributed by atoms with van der Waals surface area (Å²) in [6, 6.07) is 19.7. The number of nitrogens with one attached hydrogen (secondary N) is 2. The number of carbonyl (C=O) groups excluding carboxylic acids is 1. The summed E-state index contributed by atoms with van der Waals surface area (Å²) in [6.45, 7) is 8.21. The molecule has 1 aromatic heterocycles. The van der Waals surface area contributed by atoms with Crippen LogP contribution in [0.2, 0.25) is 0 Å². The van der Waals surface area contributed by atoms with Crippen LogP contribution in [0.25, 0.3) is 11.3 Å². The second kappa shape index (κ2) is 13.1. The van der Waals surface area contributed by atoms with Gasteiger partial charge >= 0.3 is 0 Å².